The van der Waals surface area contributed by atoms with Crippen molar-refractivity contribution < 1.29 is 26.7 Å². The van der Waals surface area contributed by atoms with E-state index < -0.39 is 35.6 Å². The van der Waals surface area contributed by atoms with Gasteiger partial charge in [0.25, 0.3) is 0 Å². The van der Waals surface area contributed by atoms with E-state index >= 15 is 8.78 Å². The van der Waals surface area contributed by atoms with Crippen LogP contribution in [0.2, 0.25) is 0 Å². The van der Waals surface area contributed by atoms with Gasteiger partial charge in [0.05, 0.1) is 12.0 Å². The second kappa shape index (κ2) is 14.7. The second-order valence-electron chi connectivity index (χ2n) is 14.5. The molecule has 1 nitrogen and oxygen atoms in total. The lowest BCUT2D eigenvalue weighted by Gasteiger charge is -2.42. The third-order valence-electron chi connectivity index (χ3n) is 12.0. The summed E-state index contributed by atoms with van der Waals surface area (Å²) in [7, 11) is 0. The molecule has 5 rings (SSSR count). The normalized spacial score (nSPS) is 34.8. The van der Waals surface area contributed by atoms with E-state index in [-0.39, 0.29) is 5.92 Å². The molecule has 42 heavy (non-hydrogen) atoms. The standard InChI is InChI=1S/C36H53F5O/c1-2-3-4-5-24-6-8-25(9-7-24)26-10-12-27(13-11-26)28-14-18-31(19-15-28)36(40,41)42-32-20-16-29(17-21-32)30-22-33(37)35(39)34(38)23-30/h22-29,31-32H,2-21H2,1H3. The fourth-order valence-corrected chi connectivity index (χ4v) is 9.29. The van der Waals surface area contributed by atoms with Gasteiger partial charge in [0.2, 0.25) is 0 Å². The molecule has 4 fully saturated rings. The molecule has 0 aliphatic heterocycles. The van der Waals surface area contributed by atoms with Gasteiger partial charge in [-0.1, -0.05) is 45.4 Å². The van der Waals surface area contributed by atoms with Crippen molar-refractivity contribution in [2.45, 2.75) is 153 Å². The van der Waals surface area contributed by atoms with E-state index in [1.807, 2.05) is 0 Å². The molecule has 4 aliphatic carbocycles. The highest BCUT2D eigenvalue weighted by atomic mass is 19.3. The van der Waals surface area contributed by atoms with Gasteiger partial charge in [-0.15, -0.1) is 0 Å². The fraction of sp³-hybridized carbons (Fsp3) is 0.833. The molecule has 0 saturated heterocycles. The summed E-state index contributed by atoms with van der Waals surface area (Å²) in [5.74, 6) is -0.690. The predicted molar refractivity (Wildman–Crippen MR) is 158 cm³/mol. The van der Waals surface area contributed by atoms with E-state index in [1.54, 1.807) is 0 Å². The van der Waals surface area contributed by atoms with Crippen LogP contribution < -0.4 is 0 Å². The quantitative estimate of drug-likeness (QED) is 0.148. The Balaban J connectivity index is 1.00. The Morgan fingerprint density at radius 2 is 1.12 bits per heavy atom. The number of alkyl halides is 2. The predicted octanol–water partition coefficient (Wildman–Crippen LogP) is 11.7. The van der Waals surface area contributed by atoms with Crippen LogP contribution in [0.3, 0.4) is 0 Å². The number of halogens is 5. The van der Waals surface area contributed by atoms with Gasteiger partial charge in [-0.05, 0) is 143 Å². The van der Waals surface area contributed by atoms with Gasteiger partial charge in [0, 0.05) is 0 Å². The number of ether oxygens (including phenoxy) is 1. The Morgan fingerprint density at radius 1 is 0.643 bits per heavy atom. The van der Waals surface area contributed by atoms with Crippen LogP contribution in [-0.4, -0.2) is 12.2 Å². The topological polar surface area (TPSA) is 9.23 Å². The molecule has 0 bridgehead atoms. The molecule has 0 spiro atoms. The van der Waals surface area contributed by atoms with Crippen LogP contribution in [0.4, 0.5) is 22.0 Å². The maximum atomic E-state index is 15.2. The highest BCUT2D eigenvalue weighted by molar-refractivity contribution is 5.23. The minimum atomic E-state index is -3.14. The summed E-state index contributed by atoms with van der Waals surface area (Å²) < 4.78 is 76.5. The van der Waals surface area contributed by atoms with Gasteiger partial charge >= 0.3 is 6.11 Å². The maximum Gasteiger partial charge on any atom is 0.358 e. The van der Waals surface area contributed by atoms with Crippen LogP contribution in [0, 0.1) is 53.0 Å². The second-order valence-corrected chi connectivity index (χ2v) is 14.5. The van der Waals surface area contributed by atoms with Crippen molar-refractivity contribution >= 4 is 0 Å². The van der Waals surface area contributed by atoms with E-state index in [4.69, 9.17) is 4.74 Å². The zero-order valence-corrected chi connectivity index (χ0v) is 25.7. The lowest BCUT2D eigenvalue weighted by molar-refractivity contribution is -0.301. The lowest BCUT2D eigenvalue weighted by Crippen LogP contribution is -2.39. The molecule has 1 aromatic carbocycles. The van der Waals surface area contributed by atoms with Crippen LogP contribution in [0.5, 0.6) is 0 Å². The number of rotatable bonds is 10. The van der Waals surface area contributed by atoms with Gasteiger partial charge in [-0.25, -0.2) is 13.2 Å². The number of hydrogen-bond acceptors (Lipinski definition) is 1. The third kappa shape index (κ3) is 8.10. The Morgan fingerprint density at radius 3 is 1.62 bits per heavy atom. The highest BCUT2D eigenvalue weighted by Crippen LogP contribution is 2.49. The molecule has 1 aromatic rings. The molecule has 0 N–H and O–H groups in total. The van der Waals surface area contributed by atoms with E-state index in [1.165, 1.54) is 77.0 Å². The summed E-state index contributed by atoms with van der Waals surface area (Å²) in [4.78, 5) is 0. The first-order chi connectivity index (χ1) is 20.2. The lowest BCUT2D eigenvalue weighted by atomic mass is 9.65. The molecule has 0 heterocycles. The van der Waals surface area contributed by atoms with Crippen LogP contribution in [0.15, 0.2) is 12.1 Å². The van der Waals surface area contributed by atoms with Gasteiger partial charge in [-0.3, -0.25) is 0 Å². The number of unbranched alkanes of at least 4 members (excludes halogenated alkanes) is 2. The summed E-state index contributed by atoms with van der Waals surface area (Å²) in [5, 5.41) is 0. The molecule has 0 unspecified atom stereocenters. The minimum absolute atomic E-state index is 0.167. The largest absolute Gasteiger partial charge is 0.358 e. The maximum absolute atomic E-state index is 15.2. The highest BCUT2D eigenvalue weighted by Gasteiger charge is 2.46. The van der Waals surface area contributed by atoms with Crippen LogP contribution in [0.1, 0.15) is 147 Å². The molecule has 4 saturated carbocycles. The van der Waals surface area contributed by atoms with Gasteiger partial charge < -0.3 is 4.74 Å². The smallest absolute Gasteiger partial charge is 0.317 e. The zero-order valence-electron chi connectivity index (χ0n) is 25.7. The van der Waals surface area contributed by atoms with Crippen LogP contribution in [-0.2, 0) is 4.74 Å². The van der Waals surface area contributed by atoms with Crippen molar-refractivity contribution in [3.05, 3.63) is 35.1 Å². The SMILES string of the molecule is CCCCCC1CCC(C2CCC(C3CCC(C(F)(F)OC4CCC(c5cc(F)c(F)c(F)c5)CC4)CC3)CC2)CC1. The van der Waals surface area contributed by atoms with E-state index in [0.717, 1.165) is 42.7 Å². The summed E-state index contributed by atoms with van der Waals surface area (Å²) in [5.41, 5.74) is 0.397. The van der Waals surface area contributed by atoms with Crippen molar-refractivity contribution in [2.75, 3.05) is 0 Å². The molecule has 0 amide bonds. The molecule has 0 atom stereocenters. The van der Waals surface area contributed by atoms with Gasteiger partial charge in [-0.2, -0.15) is 8.78 Å². The molecule has 238 valence electrons. The number of benzene rings is 1. The zero-order chi connectivity index (χ0) is 29.7. The first-order valence-electron chi connectivity index (χ1n) is 17.4. The minimum Gasteiger partial charge on any atom is -0.317 e. The Labute approximate surface area is 250 Å². The van der Waals surface area contributed by atoms with Gasteiger partial charge in [0.15, 0.2) is 17.5 Å². The fourth-order valence-electron chi connectivity index (χ4n) is 9.29. The number of hydrogen-bond donors (Lipinski definition) is 0. The molecule has 4 aliphatic rings. The average molecular weight is 597 g/mol. The van der Waals surface area contributed by atoms with Crippen LogP contribution in [0.25, 0.3) is 0 Å². The van der Waals surface area contributed by atoms with Crippen molar-refractivity contribution in [1.29, 1.82) is 0 Å². The summed E-state index contributed by atoms with van der Waals surface area (Å²) >= 11 is 0. The third-order valence-corrected chi connectivity index (χ3v) is 12.0. The van der Waals surface area contributed by atoms with Crippen molar-refractivity contribution in [1.82, 2.24) is 0 Å². The Hall–Kier alpha value is -1.17. The monoisotopic (exact) mass is 596 g/mol. The van der Waals surface area contributed by atoms with Gasteiger partial charge in [0.1, 0.15) is 0 Å². The molecular formula is C36H53F5O. The molecule has 0 radical (unpaired) electrons. The first-order valence-corrected chi connectivity index (χ1v) is 17.4. The van der Waals surface area contributed by atoms with Crippen molar-refractivity contribution in [3.8, 4) is 0 Å². The van der Waals surface area contributed by atoms with Crippen LogP contribution >= 0.6 is 0 Å². The Bertz CT molecular complexity index is 942. The van der Waals surface area contributed by atoms with E-state index in [2.05, 4.69) is 6.92 Å². The summed E-state index contributed by atoms with van der Waals surface area (Å²) in [6.07, 6.45) is 17.5. The summed E-state index contributed by atoms with van der Waals surface area (Å²) in [6.45, 7) is 2.28. The van der Waals surface area contributed by atoms with Crippen molar-refractivity contribution in [3.63, 3.8) is 0 Å². The average Bonchev–Trinajstić information content (AvgIpc) is 3.00. The van der Waals surface area contributed by atoms with E-state index in [9.17, 15) is 13.2 Å². The van der Waals surface area contributed by atoms with Crippen molar-refractivity contribution in [2.24, 2.45) is 35.5 Å². The molecule has 0 aromatic heterocycles. The molecule has 6 heteroatoms. The first kappa shape index (κ1) is 32.2. The Kier molecular flexibility index (Phi) is 11.3. The van der Waals surface area contributed by atoms with E-state index in [0.29, 0.717) is 55.9 Å². The summed E-state index contributed by atoms with van der Waals surface area (Å²) in [6, 6.07) is 2.06. The molecular weight excluding hydrogens is 543 g/mol.